The number of rotatable bonds is 0. The minimum Gasteiger partial charge on any atom is -0.196 e. The van der Waals surface area contributed by atoms with Crippen molar-refractivity contribution in [3.05, 3.63) is 71.0 Å². The van der Waals surface area contributed by atoms with Gasteiger partial charge in [0.25, 0.3) is 0 Å². The fraction of sp³-hybridized carbons (Fsp3) is 0.333. The highest BCUT2D eigenvalue weighted by molar-refractivity contribution is 5.83. The molecule has 2 heteroatoms. The molecule has 0 radical (unpaired) electrons. The van der Waals surface area contributed by atoms with E-state index in [2.05, 4.69) is 71.5 Å². The molecule has 0 unspecified atom stereocenters. The van der Waals surface area contributed by atoms with Crippen molar-refractivity contribution in [2.75, 3.05) is 0 Å². The second-order valence-corrected chi connectivity index (χ2v) is 7.75. The summed E-state index contributed by atoms with van der Waals surface area (Å²) < 4.78 is 5.05. The summed E-state index contributed by atoms with van der Waals surface area (Å²) in [7, 11) is 0. The van der Waals surface area contributed by atoms with Gasteiger partial charge in [-0.3, -0.25) is 0 Å². The van der Waals surface area contributed by atoms with Crippen LogP contribution in [0.25, 0.3) is 22.5 Å². The maximum Gasteiger partial charge on any atom is 0.213 e. The molecule has 2 aliphatic heterocycles. The molecule has 5 rings (SSSR count). The Morgan fingerprint density at radius 2 is 1.08 bits per heavy atom. The largest absolute Gasteiger partial charge is 0.213 e. The summed E-state index contributed by atoms with van der Waals surface area (Å²) in [5.74, 6) is 0. The van der Waals surface area contributed by atoms with Gasteiger partial charge in [-0.25, -0.2) is 0 Å². The van der Waals surface area contributed by atoms with Crippen LogP contribution in [-0.2, 0) is 25.9 Å². The van der Waals surface area contributed by atoms with E-state index in [0.29, 0.717) is 0 Å². The van der Waals surface area contributed by atoms with E-state index in [9.17, 15) is 0 Å². The molecule has 0 fully saturated rings. The molecule has 0 saturated carbocycles. The number of aromatic nitrogens is 2. The van der Waals surface area contributed by atoms with Crippen molar-refractivity contribution in [2.24, 2.45) is 0 Å². The fourth-order valence-electron chi connectivity index (χ4n) is 4.87. The van der Waals surface area contributed by atoms with Crippen LogP contribution >= 0.6 is 0 Å². The van der Waals surface area contributed by atoms with Crippen molar-refractivity contribution >= 4 is 0 Å². The Balaban J connectivity index is 1.91. The van der Waals surface area contributed by atoms with E-state index >= 15 is 0 Å². The third-order valence-corrected chi connectivity index (χ3v) is 6.16. The van der Waals surface area contributed by atoms with E-state index < -0.39 is 0 Å². The summed E-state index contributed by atoms with van der Waals surface area (Å²) in [6.45, 7) is 6.70. The summed E-state index contributed by atoms with van der Waals surface area (Å²) in [5, 5.41) is 0. The number of benzene rings is 1. The number of fused-ring (bicyclic) bond motifs is 7. The van der Waals surface area contributed by atoms with Crippen molar-refractivity contribution in [3.63, 3.8) is 0 Å². The number of nitrogens with zero attached hydrogens (tertiary/aromatic N) is 2. The summed E-state index contributed by atoms with van der Waals surface area (Å²) in [4.78, 5) is 0. The lowest BCUT2D eigenvalue weighted by atomic mass is 9.89. The molecule has 2 aromatic heterocycles. The number of pyridine rings is 2. The van der Waals surface area contributed by atoms with Gasteiger partial charge >= 0.3 is 0 Å². The molecule has 1 aromatic carbocycles. The van der Waals surface area contributed by atoms with Crippen molar-refractivity contribution in [2.45, 2.75) is 52.6 Å². The first kappa shape index (κ1) is 15.7. The van der Waals surface area contributed by atoms with Crippen molar-refractivity contribution in [3.8, 4) is 22.5 Å². The Hall–Kier alpha value is -2.48. The monoisotopic (exact) mass is 342 g/mol. The van der Waals surface area contributed by atoms with Crippen LogP contribution in [0.1, 0.15) is 35.4 Å². The molecule has 0 atom stereocenters. The smallest absolute Gasteiger partial charge is 0.196 e. The Morgan fingerprint density at radius 3 is 1.54 bits per heavy atom. The van der Waals surface area contributed by atoms with Crippen LogP contribution in [0, 0.1) is 13.8 Å². The SMILES string of the molecule is Cc1cccc2[n+]1CCCc1ccc3c(c1-2)-c1cccc(C)[n+]1CCC3. The standard InChI is InChI=1S/C24H26N2/c1-17-7-3-11-21-23-19(9-5-15-25(17)21)13-14-20-10-6-16-26-18(2)8-4-12-22(26)24(20)23/h3-4,7-8,11-14H,5-6,9-10,15-16H2,1-2H3/q+2. The highest BCUT2D eigenvalue weighted by Crippen LogP contribution is 2.38. The Kier molecular flexibility index (Phi) is 3.66. The van der Waals surface area contributed by atoms with Gasteiger partial charge in [0.15, 0.2) is 11.4 Å². The first-order chi connectivity index (χ1) is 12.7. The molecule has 0 spiro atoms. The van der Waals surface area contributed by atoms with Crippen molar-refractivity contribution in [1.29, 1.82) is 0 Å². The van der Waals surface area contributed by atoms with E-state index in [-0.39, 0.29) is 0 Å². The van der Waals surface area contributed by atoms with E-state index in [1.165, 1.54) is 57.9 Å². The van der Waals surface area contributed by atoms with Gasteiger partial charge in [0.1, 0.15) is 13.1 Å². The Bertz CT molecular complexity index is 934. The van der Waals surface area contributed by atoms with E-state index in [0.717, 1.165) is 25.9 Å². The minimum absolute atomic E-state index is 1.11. The lowest BCUT2D eigenvalue weighted by Crippen LogP contribution is -2.40. The zero-order valence-corrected chi connectivity index (χ0v) is 15.8. The number of hydrogen-bond donors (Lipinski definition) is 0. The molecule has 4 heterocycles. The summed E-state index contributed by atoms with van der Waals surface area (Å²) >= 11 is 0. The molecule has 2 nitrogen and oxygen atoms in total. The fourth-order valence-corrected chi connectivity index (χ4v) is 4.87. The van der Waals surface area contributed by atoms with Gasteiger partial charge in [-0.05, 0) is 36.1 Å². The van der Waals surface area contributed by atoms with E-state index in [1.54, 1.807) is 0 Å². The summed E-state index contributed by atoms with van der Waals surface area (Å²) in [6.07, 6.45) is 4.75. The second-order valence-electron chi connectivity index (χ2n) is 7.75. The van der Waals surface area contributed by atoms with Crippen molar-refractivity contribution in [1.82, 2.24) is 0 Å². The predicted molar refractivity (Wildman–Crippen MR) is 104 cm³/mol. The molecule has 3 aromatic rings. The van der Waals surface area contributed by atoms with Gasteiger partial charge in [-0.15, -0.1) is 0 Å². The Labute approximate surface area is 155 Å². The number of hydrogen-bond acceptors (Lipinski definition) is 0. The van der Waals surface area contributed by atoms with Crippen LogP contribution < -0.4 is 9.13 Å². The van der Waals surface area contributed by atoms with Gasteiger partial charge in [-0.2, -0.15) is 9.13 Å². The normalized spacial score (nSPS) is 15.2. The van der Waals surface area contributed by atoms with Gasteiger partial charge in [-0.1, -0.05) is 12.1 Å². The first-order valence-electron chi connectivity index (χ1n) is 9.88. The average Bonchev–Trinajstić information content (AvgIpc) is 2.95. The minimum atomic E-state index is 1.11. The second kappa shape index (κ2) is 6.05. The highest BCUT2D eigenvalue weighted by Gasteiger charge is 2.32. The molecule has 0 amide bonds. The molecule has 0 bridgehead atoms. The zero-order chi connectivity index (χ0) is 17.7. The van der Waals surface area contributed by atoms with Crippen LogP contribution in [0.5, 0.6) is 0 Å². The molecule has 2 aliphatic rings. The van der Waals surface area contributed by atoms with Crippen LogP contribution in [0.2, 0.25) is 0 Å². The maximum atomic E-state index is 2.52. The molecule has 0 N–H and O–H groups in total. The van der Waals surface area contributed by atoms with Gasteiger partial charge in [0, 0.05) is 51.0 Å². The van der Waals surface area contributed by atoms with Crippen LogP contribution in [0.3, 0.4) is 0 Å². The lowest BCUT2D eigenvalue weighted by Gasteiger charge is -2.14. The molecular weight excluding hydrogens is 316 g/mol. The highest BCUT2D eigenvalue weighted by atomic mass is 15.0. The molecule has 130 valence electrons. The van der Waals surface area contributed by atoms with Gasteiger partial charge in [0.2, 0.25) is 11.4 Å². The summed E-state index contributed by atoms with van der Waals surface area (Å²) in [6, 6.07) is 18.4. The molecular formula is C24H26N2+2. The van der Waals surface area contributed by atoms with E-state index in [1.807, 2.05) is 0 Å². The third kappa shape index (κ3) is 2.32. The van der Waals surface area contributed by atoms with Crippen LogP contribution in [0.4, 0.5) is 0 Å². The molecule has 0 saturated heterocycles. The maximum absolute atomic E-state index is 2.52. The van der Waals surface area contributed by atoms with Crippen LogP contribution in [0.15, 0.2) is 48.5 Å². The summed E-state index contributed by atoms with van der Waals surface area (Å²) in [5.41, 5.74) is 11.5. The van der Waals surface area contributed by atoms with Crippen LogP contribution in [-0.4, -0.2) is 0 Å². The third-order valence-electron chi connectivity index (χ3n) is 6.16. The topological polar surface area (TPSA) is 7.76 Å². The zero-order valence-electron chi connectivity index (χ0n) is 15.8. The first-order valence-corrected chi connectivity index (χ1v) is 9.88. The molecule has 26 heavy (non-hydrogen) atoms. The predicted octanol–water partition coefficient (Wildman–Crippen LogP) is 4.10. The molecule has 0 aliphatic carbocycles. The average molecular weight is 342 g/mol. The number of aryl methyl sites for hydroxylation is 4. The quantitative estimate of drug-likeness (QED) is 0.543. The van der Waals surface area contributed by atoms with Gasteiger partial charge in [0.05, 0.1) is 11.1 Å². The Morgan fingerprint density at radius 1 is 0.615 bits per heavy atom. The lowest BCUT2D eigenvalue weighted by molar-refractivity contribution is -0.693. The van der Waals surface area contributed by atoms with Gasteiger partial charge < -0.3 is 0 Å². The van der Waals surface area contributed by atoms with Crippen molar-refractivity contribution < 1.29 is 9.13 Å². The van der Waals surface area contributed by atoms with E-state index in [4.69, 9.17) is 0 Å².